The quantitative estimate of drug-likeness (QED) is 0.548. The van der Waals surface area contributed by atoms with Gasteiger partial charge in [-0.15, -0.1) is 0 Å². The lowest BCUT2D eigenvalue weighted by Crippen LogP contribution is -2.32. The molecule has 1 unspecified atom stereocenters. The number of benzene rings is 1. The first kappa shape index (κ1) is 10.3. The second-order valence-electron chi connectivity index (χ2n) is 2.96. The van der Waals surface area contributed by atoms with Gasteiger partial charge in [0.05, 0.1) is 0 Å². The van der Waals surface area contributed by atoms with Crippen molar-refractivity contribution < 1.29 is 20.1 Å². The molecule has 5 nitrogen and oxygen atoms in total. The lowest BCUT2D eigenvalue weighted by molar-refractivity contribution is -0.138. The maximum atomic E-state index is 10.4. The number of rotatable bonds is 3. The van der Waals surface area contributed by atoms with Gasteiger partial charge in [0, 0.05) is 12.5 Å². The monoisotopic (exact) mass is 197 g/mol. The number of carbonyl (C=O) groups is 1. The molecule has 76 valence electrons. The Labute approximate surface area is 80.4 Å². The number of hydrogen-bond acceptors (Lipinski definition) is 4. The molecule has 0 saturated carbocycles. The summed E-state index contributed by atoms with van der Waals surface area (Å²) in [6.07, 6.45) is 0.0292. The Balaban J connectivity index is 2.82. The highest BCUT2D eigenvalue weighted by atomic mass is 16.4. The van der Waals surface area contributed by atoms with Gasteiger partial charge in [-0.25, -0.2) is 0 Å². The zero-order valence-electron chi connectivity index (χ0n) is 7.34. The average Bonchev–Trinajstić information content (AvgIpc) is 2.09. The molecule has 1 rings (SSSR count). The molecule has 5 N–H and O–H groups in total. The van der Waals surface area contributed by atoms with Gasteiger partial charge in [-0.1, -0.05) is 6.07 Å². The van der Waals surface area contributed by atoms with Crippen LogP contribution in [0, 0.1) is 0 Å². The topological polar surface area (TPSA) is 104 Å². The number of carboxylic acid groups (broad SMARTS) is 1. The molecule has 0 bridgehead atoms. The van der Waals surface area contributed by atoms with E-state index in [0.29, 0.717) is 5.56 Å². The summed E-state index contributed by atoms with van der Waals surface area (Å²) < 4.78 is 0. The standard InChI is InChI=1S/C9H11NO4/c10-7(9(13)14)3-5-1-2-6(11)4-8(5)12/h1-2,4,7,11-12H,3,10H2,(H,13,14). The number of hydrogen-bond donors (Lipinski definition) is 4. The highest BCUT2D eigenvalue weighted by Gasteiger charge is 2.14. The van der Waals surface area contributed by atoms with Crippen molar-refractivity contribution in [3.8, 4) is 11.5 Å². The van der Waals surface area contributed by atoms with Crippen molar-refractivity contribution in [2.75, 3.05) is 0 Å². The summed E-state index contributed by atoms with van der Waals surface area (Å²) in [5, 5.41) is 26.8. The molecule has 0 aliphatic heterocycles. The van der Waals surface area contributed by atoms with E-state index in [1.54, 1.807) is 0 Å². The minimum absolute atomic E-state index is 0.0292. The summed E-state index contributed by atoms with van der Waals surface area (Å²) in [6.45, 7) is 0. The van der Waals surface area contributed by atoms with Gasteiger partial charge in [0.25, 0.3) is 0 Å². The predicted octanol–water partition coefficient (Wildman–Crippen LogP) is 0.0522. The van der Waals surface area contributed by atoms with E-state index in [4.69, 9.17) is 15.9 Å². The number of aromatic hydroxyl groups is 2. The number of aliphatic carboxylic acids is 1. The zero-order valence-corrected chi connectivity index (χ0v) is 7.34. The first-order chi connectivity index (χ1) is 6.50. The molecule has 0 spiro atoms. The molecule has 0 aliphatic rings. The number of carboxylic acids is 1. The van der Waals surface area contributed by atoms with Crippen LogP contribution in [0.25, 0.3) is 0 Å². The summed E-state index contributed by atoms with van der Waals surface area (Å²) >= 11 is 0. The van der Waals surface area contributed by atoms with Gasteiger partial charge < -0.3 is 21.1 Å². The average molecular weight is 197 g/mol. The molecule has 0 amide bonds. The molecule has 0 fully saturated rings. The molecule has 5 heteroatoms. The van der Waals surface area contributed by atoms with E-state index in [0.717, 1.165) is 6.07 Å². The lowest BCUT2D eigenvalue weighted by atomic mass is 10.1. The van der Waals surface area contributed by atoms with Crippen LogP contribution < -0.4 is 5.73 Å². The van der Waals surface area contributed by atoms with Crippen molar-refractivity contribution in [1.29, 1.82) is 0 Å². The van der Waals surface area contributed by atoms with Crippen LogP contribution in [-0.4, -0.2) is 27.3 Å². The maximum absolute atomic E-state index is 10.4. The maximum Gasteiger partial charge on any atom is 0.320 e. The van der Waals surface area contributed by atoms with Crippen molar-refractivity contribution in [3.05, 3.63) is 23.8 Å². The van der Waals surface area contributed by atoms with E-state index in [9.17, 15) is 9.90 Å². The van der Waals surface area contributed by atoms with Crippen LogP contribution in [0.2, 0.25) is 0 Å². The van der Waals surface area contributed by atoms with Crippen molar-refractivity contribution >= 4 is 5.97 Å². The Morgan fingerprint density at radius 1 is 1.43 bits per heavy atom. The fourth-order valence-electron chi connectivity index (χ4n) is 1.05. The van der Waals surface area contributed by atoms with E-state index in [1.165, 1.54) is 12.1 Å². The van der Waals surface area contributed by atoms with Crippen LogP contribution in [0.4, 0.5) is 0 Å². The van der Waals surface area contributed by atoms with E-state index in [2.05, 4.69) is 0 Å². The molecule has 1 atom stereocenters. The molecular weight excluding hydrogens is 186 g/mol. The Bertz CT molecular complexity index is 351. The fraction of sp³-hybridized carbons (Fsp3) is 0.222. The summed E-state index contributed by atoms with van der Waals surface area (Å²) in [7, 11) is 0. The highest BCUT2D eigenvalue weighted by Crippen LogP contribution is 2.23. The van der Waals surface area contributed by atoms with Gasteiger partial charge in [0.2, 0.25) is 0 Å². The van der Waals surface area contributed by atoms with Gasteiger partial charge in [0.15, 0.2) is 0 Å². The third-order valence-electron chi connectivity index (χ3n) is 1.83. The summed E-state index contributed by atoms with van der Waals surface area (Å²) in [6, 6.07) is 2.89. The van der Waals surface area contributed by atoms with E-state index >= 15 is 0 Å². The van der Waals surface area contributed by atoms with Crippen molar-refractivity contribution in [3.63, 3.8) is 0 Å². The third-order valence-corrected chi connectivity index (χ3v) is 1.83. The van der Waals surface area contributed by atoms with Crippen molar-refractivity contribution in [2.45, 2.75) is 12.5 Å². The predicted molar refractivity (Wildman–Crippen MR) is 49.1 cm³/mol. The van der Waals surface area contributed by atoms with Crippen LogP contribution in [0.1, 0.15) is 5.56 Å². The molecule has 1 aromatic carbocycles. The van der Waals surface area contributed by atoms with Crippen molar-refractivity contribution in [2.24, 2.45) is 5.73 Å². The number of nitrogens with two attached hydrogens (primary N) is 1. The first-order valence-corrected chi connectivity index (χ1v) is 4.00. The second kappa shape index (κ2) is 3.97. The van der Waals surface area contributed by atoms with Gasteiger partial charge >= 0.3 is 5.97 Å². The Morgan fingerprint density at radius 2 is 2.07 bits per heavy atom. The normalized spacial score (nSPS) is 12.4. The molecule has 0 heterocycles. The van der Waals surface area contributed by atoms with Gasteiger partial charge in [0.1, 0.15) is 17.5 Å². The lowest BCUT2D eigenvalue weighted by Gasteiger charge is -2.08. The van der Waals surface area contributed by atoms with E-state index < -0.39 is 12.0 Å². The molecule has 0 aromatic heterocycles. The van der Waals surface area contributed by atoms with Crippen LogP contribution in [0.15, 0.2) is 18.2 Å². The third kappa shape index (κ3) is 2.37. The largest absolute Gasteiger partial charge is 0.508 e. The van der Waals surface area contributed by atoms with Crippen LogP contribution in [0.3, 0.4) is 0 Å². The second-order valence-corrected chi connectivity index (χ2v) is 2.96. The Hall–Kier alpha value is -1.75. The van der Waals surface area contributed by atoms with Gasteiger partial charge in [-0.2, -0.15) is 0 Å². The van der Waals surface area contributed by atoms with Crippen LogP contribution in [0.5, 0.6) is 11.5 Å². The summed E-state index contributed by atoms with van der Waals surface area (Å²) in [5.41, 5.74) is 5.68. The van der Waals surface area contributed by atoms with Crippen LogP contribution in [-0.2, 0) is 11.2 Å². The van der Waals surface area contributed by atoms with Gasteiger partial charge in [-0.05, 0) is 11.6 Å². The molecule has 14 heavy (non-hydrogen) atoms. The molecule has 0 aliphatic carbocycles. The minimum Gasteiger partial charge on any atom is -0.508 e. The molecule has 0 radical (unpaired) electrons. The molecule has 0 saturated heterocycles. The molecule has 1 aromatic rings. The van der Waals surface area contributed by atoms with Crippen LogP contribution >= 0.6 is 0 Å². The Morgan fingerprint density at radius 3 is 2.57 bits per heavy atom. The zero-order chi connectivity index (χ0) is 10.7. The SMILES string of the molecule is NC(Cc1ccc(O)cc1O)C(=O)O. The fourth-order valence-corrected chi connectivity index (χ4v) is 1.05. The highest BCUT2D eigenvalue weighted by molar-refractivity contribution is 5.73. The number of phenolic OH excluding ortho intramolecular Hbond substituents is 2. The Kier molecular flexibility index (Phi) is 2.93. The summed E-state index contributed by atoms with van der Waals surface area (Å²) in [5.74, 6) is -1.35. The van der Waals surface area contributed by atoms with E-state index in [1.807, 2.05) is 0 Å². The minimum atomic E-state index is -1.13. The smallest absolute Gasteiger partial charge is 0.320 e. The van der Waals surface area contributed by atoms with Crippen molar-refractivity contribution in [1.82, 2.24) is 0 Å². The number of phenols is 2. The van der Waals surface area contributed by atoms with Gasteiger partial charge in [-0.3, -0.25) is 4.79 Å². The molecular formula is C9H11NO4. The van der Waals surface area contributed by atoms with E-state index in [-0.39, 0.29) is 17.9 Å². The summed E-state index contributed by atoms with van der Waals surface area (Å²) in [4.78, 5) is 10.4. The first-order valence-electron chi connectivity index (χ1n) is 4.00.